The Morgan fingerprint density at radius 2 is 1.70 bits per heavy atom. The molecule has 146 valence electrons. The first-order chi connectivity index (χ1) is 12.3. The number of anilines is 1. The number of hydrogen-bond donors (Lipinski definition) is 1. The van der Waals surface area contributed by atoms with E-state index in [4.69, 9.17) is 34.2 Å². The normalized spacial score (nSPS) is 13.3. The van der Waals surface area contributed by atoms with E-state index in [1.807, 2.05) is 0 Å². The zero-order valence-electron chi connectivity index (χ0n) is 12.3. The van der Waals surface area contributed by atoms with Crippen LogP contribution < -0.4 is 10.5 Å². The maximum absolute atomic E-state index is 12.7. The molecule has 1 heterocycles. The van der Waals surface area contributed by atoms with Gasteiger partial charge in [-0.25, -0.2) is 4.68 Å². The van der Waals surface area contributed by atoms with E-state index in [0.717, 1.165) is 0 Å². The van der Waals surface area contributed by atoms with Crippen molar-refractivity contribution in [1.82, 2.24) is 9.78 Å². The van der Waals surface area contributed by atoms with Crippen molar-refractivity contribution < 1.29 is 35.6 Å². The van der Waals surface area contributed by atoms with Crippen molar-refractivity contribution in [2.45, 2.75) is 16.8 Å². The van der Waals surface area contributed by atoms with E-state index in [2.05, 4.69) is 9.84 Å². The molecule has 1 atom stereocenters. The largest absolute Gasteiger partial charge is 0.604 e. The predicted octanol–water partition coefficient (Wildman–Crippen LogP) is 4.16. The highest BCUT2D eigenvalue weighted by molar-refractivity contribution is 7.92. The molecule has 0 bridgehead atoms. The van der Waals surface area contributed by atoms with Gasteiger partial charge in [0.25, 0.3) is 0 Å². The van der Waals surface area contributed by atoms with Crippen LogP contribution in [0.1, 0.15) is 5.69 Å². The zero-order chi connectivity index (χ0) is 20.7. The first kappa shape index (κ1) is 21.3. The molecule has 0 amide bonds. The minimum Gasteiger partial charge on any atom is -0.604 e. The quantitative estimate of drug-likeness (QED) is 0.556. The lowest BCUT2D eigenvalue weighted by atomic mass is 10.3. The summed E-state index contributed by atoms with van der Waals surface area (Å²) < 4.78 is 90.7. The molecule has 0 fully saturated rings. The average molecular weight is 453 g/mol. The maximum atomic E-state index is 12.7. The summed E-state index contributed by atoms with van der Waals surface area (Å²) in [5, 5.41) is 11.3. The minimum atomic E-state index is -5.24. The topological polar surface area (TPSA) is 99.9 Å². The second-order valence-corrected chi connectivity index (χ2v) is 6.81. The number of benzene rings is 1. The molecular weight excluding hydrogens is 449 g/mol. The fourth-order valence-electron chi connectivity index (χ4n) is 1.90. The van der Waals surface area contributed by atoms with Gasteiger partial charge < -0.3 is 15.0 Å². The third-order valence-corrected chi connectivity index (χ3v) is 4.58. The van der Waals surface area contributed by atoms with E-state index in [0.29, 0.717) is 16.8 Å². The van der Waals surface area contributed by atoms with E-state index in [1.165, 1.54) is 6.07 Å². The summed E-state index contributed by atoms with van der Waals surface area (Å²) in [6, 6.07) is 2.61. The summed E-state index contributed by atoms with van der Waals surface area (Å²) in [7, 11) is 0. The molecule has 0 aliphatic rings. The van der Waals surface area contributed by atoms with E-state index >= 15 is 0 Å². The number of rotatable bonds is 3. The van der Waals surface area contributed by atoms with Crippen LogP contribution in [0.15, 0.2) is 17.0 Å². The fourth-order valence-corrected chi connectivity index (χ4v) is 3.29. The summed E-state index contributed by atoms with van der Waals surface area (Å²) in [5.74, 6) is -1.69. The monoisotopic (exact) mass is 452 g/mol. The van der Waals surface area contributed by atoms with Gasteiger partial charge in [-0.05, 0) is 0 Å². The van der Waals surface area contributed by atoms with Crippen LogP contribution in [0.5, 0.6) is 5.75 Å². The molecule has 1 unspecified atom stereocenters. The van der Waals surface area contributed by atoms with Crippen LogP contribution in [0.2, 0.25) is 10.0 Å². The maximum Gasteiger partial charge on any atom is 0.578 e. The van der Waals surface area contributed by atoms with E-state index in [1.54, 1.807) is 0 Å². The van der Waals surface area contributed by atoms with E-state index < -0.39 is 60.9 Å². The number of alkyl halides is 6. The molecule has 0 aliphatic heterocycles. The number of nitrogens with zero attached hydrogens (tertiary/aromatic N) is 3. The molecule has 0 aliphatic carbocycles. The summed E-state index contributed by atoms with van der Waals surface area (Å²) in [5.41, 5.74) is -1.09. The van der Waals surface area contributed by atoms with Crippen LogP contribution >= 0.6 is 23.2 Å². The standard InChI is InChI=1S/C12H4Cl2F6N4O2S/c13-5-1-4(26-11(15,16)17)2-6(14)8(5)24-10(22)9(7(3-21)23-24)27(25)12(18,19)20/h1-2H,22H2. The number of hydrogen-bond acceptors (Lipinski definition) is 5. The third-order valence-electron chi connectivity index (χ3n) is 2.81. The lowest BCUT2D eigenvalue weighted by Gasteiger charge is -2.14. The number of halogens is 8. The summed E-state index contributed by atoms with van der Waals surface area (Å²) in [6.45, 7) is 0. The highest BCUT2D eigenvalue weighted by Gasteiger charge is 2.50. The molecule has 2 rings (SSSR count). The Morgan fingerprint density at radius 3 is 2.11 bits per heavy atom. The number of nitriles is 1. The van der Waals surface area contributed by atoms with Crippen LogP contribution in [0.25, 0.3) is 5.69 Å². The molecule has 2 N–H and O–H groups in total. The molecule has 6 nitrogen and oxygen atoms in total. The van der Waals surface area contributed by atoms with Crippen molar-refractivity contribution in [3.63, 3.8) is 0 Å². The Kier molecular flexibility index (Phi) is 5.67. The van der Waals surface area contributed by atoms with Crippen molar-refractivity contribution in [2.24, 2.45) is 0 Å². The number of nitrogens with two attached hydrogens (primary N) is 1. The van der Waals surface area contributed by atoms with Crippen LogP contribution in [0.4, 0.5) is 32.2 Å². The van der Waals surface area contributed by atoms with E-state index in [-0.39, 0.29) is 0 Å². The van der Waals surface area contributed by atoms with Crippen molar-refractivity contribution in [2.75, 3.05) is 5.73 Å². The highest BCUT2D eigenvalue weighted by atomic mass is 35.5. The van der Waals surface area contributed by atoms with Crippen LogP contribution in [0.3, 0.4) is 0 Å². The molecule has 15 heteroatoms. The van der Waals surface area contributed by atoms with E-state index in [9.17, 15) is 30.9 Å². The van der Waals surface area contributed by atoms with Crippen LogP contribution in [-0.4, -0.2) is 26.2 Å². The lowest BCUT2D eigenvalue weighted by molar-refractivity contribution is -0.274. The molecule has 0 saturated heterocycles. The lowest BCUT2D eigenvalue weighted by Crippen LogP contribution is -2.24. The Labute approximate surface area is 159 Å². The highest BCUT2D eigenvalue weighted by Crippen LogP contribution is 2.40. The summed E-state index contributed by atoms with van der Waals surface area (Å²) in [4.78, 5) is -1.13. The Morgan fingerprint density at radius 1 is 1.19 bits per heavy atom. The molecule has 1 aromatic heterocycles. The summed E-state index contributed by atoms with van der Waals surface area (Å²) in [6.07, 6.45) is -5.05. The van der Waals surface area contributed by atoms with Gasteiger partial charge in [0, 0.05) is 12.1 Å². The van der Waals surface area contributed by atoms with Crippen molar-refractivity contribution in [1.29, 1.82) is 5.26 Å². The van der Waals surface area contributed by atoms with Gasteiger partial charge in [-0.1, -0.05) is 23.2 Å². The van der Waals surface area contributed by atoms with Gasteiger partial charge in [-0.2, -0.15) is 5.26 Å². The average Bonchev–Trinajstić information content (AvgIpc) is 2.79. The number of ether oxygens (including phenoxy) is 1. The molecule has 27 heavy (non-hydrogen) atoms. The predicted molar refractivity (Wildman–Crippen MR) is 81.9 cm³/mol. The summed E-state index contributed by atoms with van der Waals surface area (Å²) >= 11 is 7.93. The fraction of sp³-hybridized carbons (Fsp3) is 0.167. The Hall–Kier alpha value is -2.01. The SMILES string of the molecule is N#Cc1nn(-c2c(Cl)cc(OC(F)(F)F)cc2Cl)c(N)c1[S+]([O-])C(F)(F)F. The second-order valence-electron chi connectivity index (χ2n) is 4.58. The molecule has 0 saturated carbocycles. The molecule has 1 aromatic carbocycles. The van der Waals surface area contributed by atoms with Gasteiger partial charge in [0.15, 0.2) is 5.82 Å². The van der Waals surface area contributed by atoms with Gasteiger partial charge in [0.1, 0.15) is 28.7 Å². The second kappa shape index (κ2) is 7.19. The smallest absolute Gasteiger partial charge is 0.578 e. The Bertz CT molecular complexity index is 901. The van der Waals surface area contributed by atoms with Gasteiger partial charge >= 0.3 is 11.9 Å². The molecule has 2 aromatic rings. The zero-order valence-corrected chi connectivity index (χ0v) is 14.7. The molecule has 0 spiro atoms. The van der Waals surface area contributed by atoms with Gasteiger partial charge in [0.2, 0.25) is 10.6 Å². The Balaban J connectivity index is 2.64. The first-order valence-electron chi connectivity index (χ1n) is 6.28. The van der Waals surface area contributed by atoms with Crippen LogP contribution in [-0.2, 0) is 11.2 Å². The van der Waals surface area contributed by atoms with Gasteiger partial charge in [-0.3, -0.25) is 0 Å². The number of aromatic nitrogens is 2. The van der Waals surface area contributed by atoms with Gasteiger partial charge in [0.05, 0.1) is 10.0 Å². The van der Waals surface area contributed by atoms with Gasteiger partial charge in [-0.15, -0.1) is 31.4 Å². The molecule has 0 radical (unpaired) electrons. The van der Waals surface area contributed by atoms with Crippen molar-refractivity contribution >= 4 is 40.2 Å². The molecular formula is C12H4Cl2F6N4O2S. The third kappa shape index (κ3) is 4.46. The minimum absolute atomic E-state index is 0.438. The van der Waals surface area contributed by atoms with Crippen molar-refractivity contribution in [3.8, 4) is 17.5 Å². The van der Waals surface area contributed by atoms with Crippen LogP contribution in [0, 0.1) is 11.3 Å². The van der Waals surface area contributed by atoms with Crippen molar-refractivity contribution in [3.05, 3.63) is 27.9 Å². The number of nitrogen functional groups attached to an aromatic ring is 1. The first-order valence-corrected chi connectivity index (χ1v) is 8.19.